The fourth-order valence-electron chi connectivity index (χ4n) is 3.53. The van der Waals surface area contributed by atoms with Gasteiger partial charge in [-0.15, -0.1) is 0 Å². The van der Waals surface area contributed by atoms with Crippen LogP contribution in [0.5, 0.6) is 0 Å². The Kier molecular flexibility index (Phi) is 3.63. The van der Waals surface area contributed by atoms with Gasteiger partial charge >= 0.3 is 5.97 Å². The molecule has 3 rings (SSSR count). The van der Waals surface area contributed by atoms with Crippen LogP contribution in [0.2, 0.25) is 0 Å². The van der Waals surface area contributed by atoms with Gasteiger partial charge in [-0.05, 0) is 17.9 Å². The highest BCUT2D eigenvalue weighted by Crippen LogP contribution is 2.46. The number of alkyl halides is 1. The molecular formula is C15H18BrNO2. The Bertz CT molecular complexity index is 464. The average Bonchev–Trinajstić information content (AvgIpc) is 2.91. The summed E-state index contributed by atoms with van der Waals surface area (Å²) < 4.78 is 4.95. The molecule has 4 heteroatoms. The second-order valence-electron chi connectivity index (χ2n) is 5.48. The third-order valence-electron chi connectivity index (χ3n) is 4.37. The summed E-state index contributed by atoms with van der Waals surface area (Å²) in [5, 5.41) is 0. The Labute approximate surface area is 122 Å². The maximum atomic E-state index is 11.9. The van der Waals surface area contributed by atoms with Gasteiger partial charge in [-0.3, -0.25) is 9.69 Å². The molecule has 0 amide bonds. The second-order valence-corrected chi connectivity index (χ2v) is 6.53. The summed E-state index contributed by atoms with van der Waals surface area (Å²) in [5.74, 6) is 0.532. The molecule has 1 saturated carbocycles. The number of piperidine rings is 1. The minimum absolute atomic E-state index is 0.0248. The lowest BCUT2D eigenvalue weighted by Gasteiger charge is -2.31. The molecule has 3 nitrogen and oxygen atoms in total. The van der Waals surface area contributed by atoms with Crippen LogP contribution < -0.4 is 0 Å². The molecule has 0 aromatic heterocycles. The monoisotopic (exact) mass is 323 g/mol. The van der Waals surface area contributed by atoms with Crippen molar-refractivity contribution < 1.29 is 9.53 Å². The predicted molar refractivity (Wildman–Crippen MR) is 77.0 cm³/mol. The van der Waals surface area contributed by atoms with E-state index in [2.05, 4.69) is 45.1 Å². The zero-order chi connectivity index (χ0) is 13.4. The maximum Gasteiger partial charge on any atom is 0.310 e. The van der Waals surface area contributed by atoms with Crippen molar-refractivity contribution in [1.82, 2.24) is 4.90 Å². The maximum absolute atomic E-state index is 11.9. The van der Waals surface area contributed by atoms with Gasteiger partial charge in [0, 0.05) is 24.0 Å². The SMILES string of the molecule is COC(=O)[C@@H]1C[C@H]2CN(Cc3ccccc3)[C@@H]1[C@@H]2Br. The van der Waals surface area contributed by atoms with Gasteiger partial charge in [-0.1, -0.05) is 46.3 Å². The number of hydrogen-bond donors (Lipinski definition) is 0. The van der Waals surface area contributed by atoms with Crippen molar-refractivity contribution >= 4 is 21.9 Å². The molecule has 1 saturated heterocycles. The number of hydrogen-bond acceptors (Lipinski definition) is 3. The minimum atomic E-state index is -0.0605. The third kappa shape index (κ3) is 2.32. The molecule has 0 unspecified atom stereocenters. The number of halogens is 1. The molecular weight excluding hydrogens is 306 g/mol. The van der Waals surface area contributed by atoms with E-state index in [1.165, 1.54) is 12.7 Å². The smallest absolute Gasteiger partial charge is 0.310 e. The zero-order valence-corrected chi connectivity index (χ0v) is 12.5. The number of methoxy groups -OCH3 is 1. The van der Waals surface area contributed by atoms with E-state index < -0.39 is 0 Å². The number of fused-ring (bicyclic) bond motifs is 2. The summed E-state index contributed by atoms with van der Waals surface area (Å²) in [6, 6.07) is 10.7. The van der Waals surface area contributed by atoms with Crippen molar-refractivity contribution in [2.24, 2.45) is 11.8 Å². The Morgan fingerprint density at radius 2 is 2.16 bits per heavy atom. The van der Waals surface area contributed by atoms with Gasteiger partial charge in [0.25, 0.3) is 0 Å². The van der Waals surface area contributed by atoms with Gasteiger partial charge < -0.3 is 4.74 Å². The molecule has 1 aliphatic carbocycles. The lowest BCUT2D eigenvalue weighted by Crippen LogP contribution is -2.42. The first kappa shape index (κ1) is 13.1. The van der Waals surface area contributed by atoms with E-state index in [1.807, 2.05) is 6.07 Å². The number of ether oxygens (including phenoxy) is 1. The van der Waals surface area contributed by atoms with Gasteiger partial charge in [-0.25, -0.2) is 0 Å². The van der Waals surface area contributed by atoms with Crippen LogP contribution in [0.3, 0.4) is 0 Å². The molecule has 1 aromatic rings. The van der Waals surface area contributed by atoms with Crippen LogP contribution in [0.25, 0.3) is 0 Å². The number of benzene rings is 1. The quantitative estimate of drug-likeness (QED) is 0.632. The number of nitrogens with zero attached hydrogens (tertiary/aromatic N) is 1. The van der Waals surface area contributed by atoms with Crippen molar-refractivity contribution in [2.75, 3.05) is 13.7 Å². The first-order chi connectivity index (χ1) is 9.20. The summed E-state index contributed by atoms with van der Waals surface area (Å²) in [6.07, 6.45) is 0.957. The van der Waals surface area contributed by atoms with Gasteiger partial charge in [0.1, 0.15) is 0 Å². The van der Waals surface area contributed by atoms with Gasteiger partial charge in [0.2, 0.25) is 0 Å². The second kappa shape index (κ2) is 5.25. The molecule has 1 aliphatic heterocycles. The molecule has 4 atom stereocenters. The van der Waals surface area contributed by atoms with Gasteiger partial charge in [-0.2, -0.15) is 0 Å². The fraction of sp³-hybridized carbons (Fsp3) is 0.533. The molecule has 102 valence electrons. The lowest BCUT2D eigenvalue weighted by molar-refractivity contribution is -0.148. The Hall–Kier alpha value is -0.870. The van der Waals surface area contributed by atoms with E-state index in [-0.39, 0.29) is 17.9 Å². The predicted octanol–water partition coefficient (Wildman–Crippen LogP) is 2.44. The van der Waals surface area contributed by atoms with E-state index in [9.17, 15) is 4.79 Å². The Morgan fingerprint density at radius 1 is 1.42 bits per heavy atom. The first-order valence-electron chi connectivity index (χ1n) is 6.70. The Morgan fingerprint density at radius 3 is 2.79 bits per heavy atom. The molecule has 0 N–H and O–H groups in total. The van der Waals surface area contributed by atoms with Crippen LogP contribution in [0.4, 0.5) is 0 Å². The van der Waals surface area contributed by atoms with Crippen LogP contribution in [0, 0.1) is 11.8 Å². The van der Waals surface area contributed by atoms with Crippen molar-refractivity contribution in [3.63, 3.8) is 0 Å². The molecule has 0 radical (unpaired) electrons. The van der Waals surface area contributed by atoms with Crippen molar-refractivity contribution in [3.8, 4) is 0 Å². The number of carbonyl (C=O) groups excluding carboxylic acids is 1. The molecule has 2 aliphatic rings. The van der Waals surface area contributed by atoms with E-state index >= 15 is 0 Å². The highest BCUT2D eigenvalue weighted by Gasteiger charge is 2.54. The average molecular weight is 324 g/mol. The summed E-state index contributed by atoms with van der Waals surface area (Å²) in [6.45, 7) is 1.99. The largest absolute Gasteiger partial charge is 0.469 e. The number of esters is 1. The number of likely N-dealkylation sites (tertiary alicyclic amines) is 1. The van der Waals surface area contributed by atoms with Crippen LogP contribution in [-0.4, -0.2) is 35.4 Å². The van der Waals surface area contributed by atoms with Crippen molar-refractivity contribution in [2.45, 2.75) is 23.8 Å². The number of rotatable bonds is 3. The highest BCUT2D eigenvalue weighted by molar-refractivity contribution is 9.09. The van der Waals surface area contributed by atoms with E-state index in [0.717, 1.165) is 19.5 Å². The molecule has 0 spiro atoms. The molecule has 19 heavy (non-hydrogen) atoms. The van der Waals surface area contributed by atoms with Gasteiger partial charge in [0.05, 0.1) is 13.0 Å². The number of carbonyl (C=O) groups is 1. The summed E-state index contributed by atoms with van der Waals surface area (Å²) in [4.78, 5) is 14.7. The molecule has 1 heterocycles. The van der Waals surface area contributed by atoms with Crippen LogP contribution in [0.15, 0.2) is 30.3 Å². The molecule has 2 fully saturated rings. The first-order valence-corrected chi connectivity index (χ1v) is 7.62. The van der Waals surface area contributed by atoms with E-state index in [4.69, 9.17) is 4.74 Å². The third-order valence-corrected chi connectivity index (χ3v) is 5.66. The molecule has 1 aromatic carbocycles. The van der Waals surface area contributed by atoms with Crippen LogP contribution in [-0.2, 0) is 16.1 Å². The summed E-state index contributed by atoms with van der Waals surface area (Å²) in [5.41, 5.74) is 1.30. The Balaban J connectivity index is 1.76. The zero-order valence-electron chi connectivity index (χ0n) is 11.0. The standard InChI is InChI=1S/C15H18BrNO2/c1-19-15(18)12-7-11-9-17(14(12)13(11)16)8-10-5-3-2-4-6-10/h2-6,11-14H,7-9H2,1H3/t11-,12+,13+,14-/m0/s1. The normalized spacial score (nSPS) is 33.6. The summed E-state index contributed by atoms with van der Waals surface area (Å²) in [7, 11) is 1.49. The van der Waals surface area contributed by atoms with Crippen molar-refractivity contribution in [1.29, 1.82) is 0 Å². The highest BCUT2D eigenvalue weighted by atomic mass is 79.9. The minimum Gasteiger partial charge on any atom is -0.469 e. The summed E-state index contributed by atoms with van der Waals surface area (Å²) >= 11 is 3.77. The van der Waals surface area contributed by atoms with Gasteiger partial charge in [0.15, 0.2) is 0 Å². The lowest BCUT2D eigenvalue weighted by atomic mass is 9.98. The van der Waals surface area contributed by atoms with Crippen LogP contribution in [0.1, 0.15) is 12.0 Å². The topological polar surface area (TPSA) is 29.5 Å². The van der Waals surface area contributed by atoms with E-state index in [1.54, 1.807) is 0 Å². The fourth-order valence-corrected chi connectivity index (χ4v) is 4.61. The molecule has 2 bridgehead atoms. The van der Waals surface area contributed by atoms with Crippen molar-refractivity contribution in [3.05, 3.63) is 35.9 Å². The van der Waals surface area contributed by atoms with Crippen LogP contribution >= 0.6 is 15.9 Å². The van der Waals surface area contributed by atoms with E-state index in [0.29, 0.717) is 10.7 Å².